The molecule has 3 aromatic carbocycles. The molecule has 32 heavy (non-hydrogen) atoms. The minimum atomic E-state index is -0.349. The first-order chi connectivity index (χ1) is 15.5. The second-order valence-corrected chi connectivity index (χ2v) is 8.06. The van der Waals surface area contributed by atoms with Crippen molar-refractivity contribution < 1.29 is 14.0 Å². The molecule has 1 heterocycles. The molecule has 1 aliphatic rings. The number of benzene rings is 3. The zero-order chi connectivity index (χ0) is 22.5. The van der Waals surface area contributed by atoms with E-state index in [0.29, 0.717) is 30.8 Å². The summed E-state index contributed by atoms with van der Waals surface area (Å²) in [4.78, 5) is 20.5. The number of hydrogen-bond donors (Lipinski definition) is 1. The Labute approximate surface area is 187 Å². The van der Waals surface area contributed by atoms with Crippen LogP contribution in [0.3, 0.4) is 0 Å². The number of anilines is 1. The molecule has 0 saturated heterocycles. The van der Waals surface area contributed by atoms with Gasteiger partial charge in [0.25, 0.3) is 0 Å². The average Bonchev–Trinajstić information content (AvgIpc) is 3.24. The maximum absolute atomic E-state index is 14.1. The number of hydrogen-bond acceptors (Lipinski definition) is 3. The lowest BCUT2D eigenvalue weighted by Gasteiger charge is -2.25. The van der Waals surface area contributed by atoms with Gasteiger partial charge < -0.3 is 15.1 Å². The lowest BCUT2D eigenvalue weighted by atomic mass is 10.0. The molecular formula is C26H26FN3O2. The van der Waals surface area contributed by atoms with E-state index < -0.39 is 0 Å². The van der Waals surface area contributed by atoms with Gasteiger partial charge >= 0.3 is 6.03 Å². The zero-order valence-electron chi connectivity index (χ0n) is 18.2. The molecule has 0 aromatic heterocycles. The fourth-order valence-corrected chi connectivity index (χ4v) is 3.80. The largest absolute Gasteiger partial charge is 0.390 e. The van der Waals surface area contributed by atoms with Gasteiger partial charge in [-0.05, 0) is 37.1 Å². The van der Waals surface area contributed by atoms with Gasteiger partial charge in [0.05, 0.1) is 12.3 Å². The molecule has 4 rings (SSSR count). The Hall–Kier alpha value is -3.67. The smallest absolute Gasteiger partial charge is 0.322 e. The van der Waals surface area contributed by atoms with Gasteiger partial charge in [-0.15, -0.1) is 0 Å². The molecule has 0 spiro atoms. The van der Waals surface area contributed by atoms with Crippen molar-refractivity contribution in [1.82, 2.24) is 4.90 Å². The van der Waals surface area contributed by atoms with Gasteiger partial charge in [0.1, 0.15) is 5.82 Å². The van der Waals surface area contributed by atoms with Gasteiger partial charge in [0.15, 0.2) is 6.10 Å². The predicted octanol–water partition coefficient (Wildman–Crippen LogP) is 5.67. The van der Waals surface area contributed by atoms with Crippen LogP contribution < -0.4 is 5.32 Å². The summed E-state index contributed by atoms with van der Waals surface area (Å²) in [7, 11) is 0. The highest BCUT2D eigenvalue weighted by molar-refractivity contribution is 6.01. The van der Waals surface area contributed by atoms with E-state index in [2.05, 4.69) is 10.5 Å². The minimum Gasteiger partial charge on any atom is -0.390 e. The molecule has 0 saturated carbocycles. The quantitative estimate of drug-likeness (QED) is 0.547. The number of carbonyl (C=O) groups is 1. The molecule has 2 amide bonds. The van der Waals surface area contributed by atoms with Crippen LogP contribution in [0.25, 0.3) is 0 Å². The summed E-state index contributed by atoms with van der Waals surface area (Å²) >= 11 is 0. The standard InChI is InChI=1S/C26H26FN3O2/c1-18-12-13-24(19(2)14-18)28-26(31)30(16-20-8-4-3-5-9-20)17-21-15-25(29-32-21)22-10-6-7-11-23(22)27/h3-14,21H,15-17H2,1-2H3,(H,28,31). The molecule has 0 fully saturated rings. The summed E-state index contributed by atoms with van der Waals surface area (Å²) in [6, 6.07) is 22.0. The van der Waals surface area contributed by atoms with E-state index in [1.165, 1.54) is 6.07 Å². The Morgan fingerprint density at radius 3 is 2.59 bits per heavy atom. The Balaban J connectivity index is 1.48. The first-order valence-corrected chi connectivity index (χ1v) is 10.6. The molecule has 1 unspecified atom stereocenters. The van der Waals surface area contributed by atoms with Crippen LogP contribution in [0.15, 0.2) is 78.0 Å². The maximum Gasteiger partial charge on any atom is 0.322 e. The van der Waals surface area contributed by atoms with Crippen molar-refractivity contribution in [3.63, 3.8) is 0 Å². The zero-order valence-corrected chi connectivity index (χ0v) is 18.2. The highest BCUT2D eigenvalue weighted by Crippen LogP contribution is 2.22. The van der Waals surface area contributed by atoms with Crippen LogP contribution in [0.4, 0.5) is 14.9 Å². The Kier molecular flexibility index (Phi) is 6.50. The van der Waals surface area contributed by atoms with Crippen LogP contribution >= 0.6 is 0 Å². The Morgan fingerprint density at radius 1 is 1.09 bits per heavy atom. The molecular weight excluding hydrogens is 405 g/mol. The van der Waals surface area contributed by atoms with Crippen LogP contribution in [0, 0.1) is 19.7 Å². The average molecular weight is 432 g/mol. The van der Waals surface area contributed by atoms with E-state index in [0.717, 1.165) is 22.4 Å². The molecule has 0 bridgehead atoms. The van der Waals surface area contributed by atoms with Crippen molar-refractivity contribution in [3.05, 3.63) is 101 Å². The number of urea groups is 1. The van der Waals surface area contributed by atoms with Crippen molar-refractivity contribution in [2.24, 2.45) is 5.16 Å². The van der Waals surface area contributed by atoms with Crippen molar-refractivity contribution >= 4 is 17.4 Å². The van der Waals surface area contributed by atoms with Crippen LogP contribution in [0.2, 0.25) is 0 Å². The highest BCUT2D eigenvalue weighted by Gasteiger charge is 2.28. The number of aryl methyl sites for hydroxylation is 2. The summed E-state index contributed by atoms with van der Waals surface area (Å²) in [6.07, 6.45) is 0.0847. The lowest BCUT2D eigenvalue weighted by molar-refractivity contribution is 0.0608. The van der Waals surface area contributed by atoms with Crippen molar-refractivity contribution in [2.45, 2.75) is 32.9 Å². The third-order valence-electron chi connectivity index (χ3n) is 5.47. The number of halogens is 1. The Morgan fingerprint density at radius 2 is 1.84 bits per heavy atom. The summed E-state index contributed by atoms with van der Waals surface area (Å²) < 4.78 is 14.1. The molecule has 5 nitrogen and oxygen atoms in total. The van der Waals surface area contributed by atoms with Crippen molar-refractivity contribution in [3.8, 4) is 0 Å². The fourth-order valence-electron chi connectivity index (χ4n) is 3.80. The van der Waals surface area contributed by atoms with Crippen LogP contribution in [0.1, 0.15) is 28.7 Å². The van der Waals surface area contributed by atoms with Gasteiger partial charge in [-0.25, -0.2) is 9.18 Å². The first kappa shape index (κ1) is 21.6. The van der Waals surface area contributed by atoms with Crippen molar-refractivity contribution in [1.29, 1.82) is 0 Å². The predicted molar refractivity (Wildman–Crippen MR) is 124 cm³/mol. The van der Waals surface area contributed by atoms with E-state index in [1.54, 1.807) is 23.1 Å². The second kappa shape index (κ2) is 9.64. The highest BCUT2D eigenvalue weighted by atomic mass is 19.1. The third-order valence-corrected chi connectivity index (χ3v) is 5.47. The van der Waals surface area contributed by atoms with Crippen LogP contribution in [0.5, 0.6) is 0 Å². The molecule has 1 atom stereocenters. The number of carbonyl (C=O) groups excluding carboxylic acids is 1. The van der Waals surface area contributed by atoms with Crippen LogP contribution in [-0.2, 0) is 11.4 Å². The van der Waals surface area contributed by atoms with E-state index in [4.69, 9.17) is 4.84 Å². The first-order valence-electron chi connectivity index (χ1n) is 10.6. The van der Waals surface area contributed by atoms with Crippen LogP contribution in [-0.4, -0.2) is 29.3 Å². The van der Waals surface area contributed by atoms with E-state index in [9.17, 15) is 9.18 Å². The molecule has 1 aliphatic heterocycles. The summed E-state index contributed by atoms with van der Waals surface area (Å²) in [5.74, 6) is -0.329. The van der Waals surface area contributed by atoms with Crippen molar-refractivity contribution in [2.75, 3.05) is 11.9 Å². The third kappa shape index (κ3) is 5.14. The molecule has 0 radical (unpaired) electrons. The second-order valence-electron chi connectivity index (χ2n) is 8.06. The fraction of sp³-hybridized carbons (Fsp3) is 0.231. The molecule has 3 aromatic rings. The maximum atomic E-state index is 14.1. The molecule has 164 valence electrons. The minimum absolute atomic E-state index is 0.219. The summed E-state index contributed by atoms with van der Waals surface area (Å²) in [6.45, 7) is 4.74. The normalized spacial score (nSPS) is 15.1. The van der Waals surface area contributed by atoms with Gasteiger partial charge in [0, 0.05) is 24.2 Å². The topological polar surface area (TPSA) is 53.9 Å². The van der Waals surface area contributed by atoms with Gasteiger partial charge in [-0.3, -0.25) is 0 Å². The van der Waals surface area contributed by atoms with E-state index in [-0.39, 0.29) is 18.0 Å². The number of nitrogens with one attached hydrogen (secondary N) is 1. The SMILES string of the molecule is Cc1ccc(NC(=O)N(Cc2ccccc2)CC2CC(c3ccccc3F)=NO2)c(C)c1. The molecule has 1 N–H and O–H groups in total. The van der Waals surface area contributed by atoms with E-state index in [1.807, 2.05) is 62.4 Å². The number of rotatable bonds is 6. The monoisotopic (exact) mass is 431 g/mol. The van der Waals surface area contributed by atoms with Gasteiger partial charge in [0.2, 0.25) is 0 Å². The molecule has 6 heteroatoms. The number of nitrogens with zero attached hydrogens (tertiary/aromatic N) is 2. The molecule has 0 aliphatic carbocycles. The van der Waals surface area contributed by atoms with Gasteiger partial charge in [-0.2, -0.15) is 0 Å². The Bertz CT molecular complexity index is 1130. The van der Waals surface area contributed by atoms with Gasteiger partial charge in [-0.1, -0.05) is 71.4 Å². The number of amides is 2. The lowest BCUT2D eigenvalue weighted by Crippen LogP contribution is -2.40. The summed E-state index contributed by atoms with van der Waals surface area (Å²) in [5.41, 5.74) is 4.91. The van der Waals surface area contributed by atoms with E-state index >= 15 is 0 Å². The number of oxime groups is 1. The summed E-state index contributed by atoms with van der Waals surface area (Å²) in [5, 5.41) is 7.11.